The molecule has 4 aliphatic rings. The van der Waals surface area contributed by atoms with Crippen molar-refractivity contribution in [2.24, 2.45) is 23.2 Å². The van der Waals surface area contributed by atoms with Crippen LogP contribution in [0.4, 0.5) is 0 Å². The number of hydrogen-bond donors (Lipinski definition) is 0. The molecule has 0 spiro atoms. The molecule has 4 aliphatic carbocycles. The van der Waals surface area contributed by atoms with Crippen molar-refractivity contribution in [3.8, 4) is 0 Å². The molecule has 0 unspecified atom stereocenters. The highest BCUT2D eigenvalue weighted by molar-refractivity contribution is 5.88. The number of hydrogen-bond acceptors (Lipinski definition) is 5. The van der Waals surface area contributed by atoms with E-state index in [9.17, 15) is 9.59 Å². The van der Waals surface area contributed by atoms with Gasteiger partial charge >= 0.3 is 11.9 Å². The Morgan fingerprint density at radius 3 is 2.04 bits per heavy atom. The summed E-state index contributed by atoms with van der Waals surface area (Å²) in [4.78, 5) is 22.9. The maximum absolute atomic E-state index is 11.6. The number of esters is 2. The van der Waals surface area contributed by atoms with Gasteiger partial charge in [-0.1, -0.05) is 6.58 Å². The van der Waals surface area contributed by atoms with E-state index in [4.69, 9.17) is 14.2 Å². The monoisotopic (exact) mass is 364 g/mol. The van der Waals surface area contributed by atoms with Crippen molar-refractivity contribution >= 4 is 11.9 Å². The van der Waals surface area contributed by atoms with Gasteiger partial charge in [0, 0.05) is 5.57 Å². The van der Waals surface area contributed by atoms with Crippen molar-refractivity contribution in [2.75, 3.05) is 19.8 Å². The third-order valence-corrected chi connectivity index (χ3v) is 6.79. The second-order valence-electron chi connectivity index (χ2n) is 9.13. The molecule has 4 bridgehead atoms. The highest BCUT2D eigenvalue weighted by Crippen LogP contribution is 2.64. The van der Waals surface area contributed by atoms with Gasteiger partial charge in [-0.3, -0.25) is 0 Å². The normalized spacial score (nSPS) is 32.3. The van der Waals surface area contributed by atoms with Gasteiger partial charge in [0.2, 0.25) is 0 Å². The van der Waals surface area contributed by atoms with E-state index in [-0.39, 0.29) is 29.8 Å². The van der Waals surface area contributed by atoms with Crippen LogP contribution in [0, 0.1) is 23.2 Å². The Labute approximate surface area is 156 Å². The molecule has 5 heteroatoms. The minimum atomic E-state index is -0.582. The standard InChI is InChI=1S/C21H32O5/c1-14(2)19(23)25-13-18(22)24-5-6-26-20(3,4)21-10-15-7-16(11-21)9-17(8-15)12-21/h15-17H,1,5-13H2,2-4H3. The quantitative estimate of drug-likeness (QED) is 0.374. The van der Waals surface area contributed by atoms with Crippen LogP contribution in [0.25, 0.3) is 0 Å². The topological polar surface area (TPSA) is 61.8 Å². The molecule has 0 N–H and O–H groups in total. The first kappa shape index (κ1) is 19.4. The second kappa shape index (κ2) is 7.34. The molecule has 0 heterocycles. The molecule has 0 aromatic rings. The second-order valence-corrected chi connectivity index (χ2v) is 9.13. The fraction of sp³-hybridized carbons (Fsp3) is 0.810. The summed E-state index contributed by atoms with van der Waals surface area (Å²) in [7, 11) is 0. The maximum Gasteiger partial charge on any atom is 0.344 e. The summed E-state index contributed by atoms with van der Waals surface area (Å²) in [6.07, 6.45) is 8.08. The van der Waals surface area contributed by atoms with Crippen LogP contribution < -0.4 is 0 Å². The van der Waals surface area contributed by atoms with E-state index in [1.807, 2.05) is 0 Å². The van der Waals surface area contributed by atoms with Crippen LogP contribution in [0.15, 0.2) is 12.2 Å². The van der Waals surface area contributed by atoms with Gasteiger partial charge in [0.25, 0.3) is 0 Å². The number of rotatable bonds is 8. The van der Waals surface area contributed by atoms with E-state index in [1.54, 1.807) is 0 Å². The summed E-state index contributed by atoms with van der Waals surface area (Å²) in [5.41, 5.74) is 0.336. The van der Waals surface area contributed by atoms with Gasteiger partial charge in [0.05, 0.1) is 12.2 Å². The SMILES string of the molecule is C=C(C)C(=O)OCC(=O)OCCOC(C)(C)C12CC3CC(CC(C3)C1)C2. The van der Waals surface area contributed by atoms with E-state index < -0.39 is 11.9 Å². The summed E-state index contributed by atoms with van der Waals surface area (Å²) >= 11 is 0. The number of carbonyl (C=O) groups excluding carboxylic acids is 2. The molecule has 4 saturated carbocycles. The van der Waals surface area contributed by atoms with Gasteiger partial charge in [0.1, 0.15) is 6.61 Å². The van der Waals surface area contributed by atoms with Crippen molar-refractivity contribution in [2.45, 2.75) is 64.9 Å². The van der Waals surface area contributed by atoms with Gasteiger partial charge in [0.15, 0.2) is 6.61 Å². The fourth-order valence-corrected chi connectivity index (χ4v) is 5.74. The summed E-state index contributed by atoms with van der Waals surface area (Å²) in [5.74, 6) is 1.50. The molecule has 0 amide bonds. The Morgan fingerprint density at radius 2 is 1.54 bits per heavy atom. The van der Waals surface area contributed by atoms with Gasteiger partial charge in [-0.25, -0.2) is 9.59 Å². The van der Waals surface area contributed by atoms with E-state index in [0.717, 1.165) is 17.8 Å². The Kier molecular flexibility index (Phi) is 5.48. The van der Waals surface area contributed by atoms with Crippen LogP contribution in [-0.2, 0) is 23.8 Å². The Morgan fingerprint density at radius 1 is 1.00 bits per heavy atom. The van der Waals surface area contributed by atoms with Gasteiger partial charge in [-0.15, -0.1) is 0 Å². The zero-order valence-electron chi connectivity index (χ0n) is 16.3. The van der Waals surface area contributed by atoms with E-state index >= 15 is 0 Å². The zero-order valence-corrected chi connectivity index (χ0v) is 16.3. The number of carbonyl (C=O) groups is 2. The van der Waals surface area contributed by atoms with E-state index in [0.29, 0.717) is 6.61 Å². The van der Waals surface area contributed by atoms with Crippen LogP contribution in [0.2, 0.25) is 0 Å². The first-order chi connectivity index (χ1) is 12.2. The molecule has 0 aromatic heterocycles. The molecule has 0 radical (unpaired) electrons. The molecule has 4 fully saturated rings. The van der Waals surface area contributed by atoms with Crippen molar-refractivity contribution in [1.29, 1.82) is 0 Å². The Hall–Kier alpha value is -1.36. The highest BCUT2D eigenvalue weighted by Gasteiger charge is 2.57. The van der Waals surface area contributed by atoms with E-state index in [2.05, 4.69) is 20.4 Å². The molecule has 0 atom stereocenters. The lowest BCUT2D eigenvalue weighted by Crippen LogP contribution is -2.57. The largest absolute Gasteiger partial charge is 0.461 e. The van der Waals surface area contributed by atoms with Crippen molar-refractivity contribution in [3.05, 3.63) is 12.2 Å². The van der Waals surface area contributed by atoms with Gasteiger partial charge < -0.3 is 14.2 Å². The smallest absolute Gasteiger partial charge is 0.344 e. The predicted molar refractivity (Wildman–Crippen MR) is 97.4 cm³/mol. The molecule has 0 aromatic carbocycles. The molecule has 26 heavy (non-hydrogen) atoms. The lowest BCUT2D eigenvalue weighted by atomic mass is 9.46. The lowest BCUT2D eigenvalue weighted by molar-refractivity contribution is -0.194. The van der Waals surface area contributed by atoms with Crippen LogP contribution in [0.1, 0.15) is 59.3 Å². The van der Waals surface area contributed by atoms with Gasteiger partial charge in [-0.2, -0.15) is 0 Å². The molecule has 146 valence electrons. The first-order valence-electron chi connectivity index (χ1n) is 9.83. The average molecular weight is 364 g/mol. The maximum atomic E-state index is 11.6. The van der Waals surface area contributed by atoms with Crippen LogP contribution in [0.3, 0.4) is 0 Å². The van der Waals surface area contributed by atoms with Crippen LogP contribution in [-0.4, -0.2) is 37.4 Å². The fourth-order valence-electron chi connectivity index (χ4n) is 5.74. The average Bonchev–Trinajstić information content (AvgIpc) is 2.55. The predicted octanol–water partition coefficient (Wildman–Crippen LogP) is 3.66. The molecule has 4 rings (SSSR count). The Balaban J connectivity index is 1.42. The summed E-state index contributed by atoms with van der Waals surface area (Å²) in [5, 5.41) is 0. The highest BCUT2D eigenvalue weighted by atomic mass is 16.6. The zero-order chi connectivity index (χ0) is 18.9. The summed E-state index contributed by atoms with van der Waals surface area (Å²) in [6.45, 7) is 9.58. The number of ether oxygens (including phenoxy) is 3. The minimum Gasteiger partial charge on any atom is -0.461 e. The molecular weight excluding hydrogens is 332 g/mol. The first-order valence-corrected chi connectivity index (χ1v) is 9.83. The Bertz CT molecular complexity index is 542. The third kappa shape index (κ3) is 3.98. The van der Waals surface area contributed by atoms with Crippen LogP contribution >= 0.6 is 0 Å². The molecule has 5 nitrogen and oxygen atoms in total. The van der Waals surface area contributed by atoms with Crippen molar-refractivity contribution < 1.29 is 23.8 Å². The lowest BCUT2D eigenvalue weighted by Gasteiger charge is -2.62. The molecule has 0 aliphatic heterocycles. The minimum absolute atomic E-state index is 0.180. The van der Waals surface area contributed by atoms with Crippen LogP contribution in [0.5, 0.6) is 0 Å². The van der Waals surface area contributed by atoms with Crippen molar-refractivity contribution in [3.63, 3.8) is 0 Å². The van der Waals surface area contributed by atoms with Gasteiger partial charge in [-0.05, 0) is 82.5 Å². The summed E-state index contributed by atoms with van der Waals surface area (Å²) in [6, 6.07) is 0. The summed E-state index contributed by atoms with van der Waals surface area (Å²) < 4.78 is 16.1. The van der Waals surface area contributed by atoms with E-state index in [1.165, 1.54) is 45.4 Å². The molecule has 0 saturated heterocycles. The van der Waals surface area contributed by atoms with Crippen molar-refractivity contribution in [1.82, 2.24) is 0 Å². The molecular formula is C21H32O5. The third-order valence-electron chi connectivity index (χ3n) is 6.79.